The van der Waals surface area contributed by atoms with E-state index in [0.29, 0.717) is 17.5 Å². The topological polar surface area (TPSA) is 83.7 Å². The van der Waals surface area contributed by atoms with E-state index in [9.17, 15) is 0 Å². The minimum atomic E-state index is 0.450. The van der Waals surface area contributed by atoms with Gasteiger partial charge in [-0.05, 0) is 38.4 Å². The van der Waals surface area contributed by atoms with E-state index in [1.807, 2.05) is 0 Å². The lowest BCUT2D eigenvalue weighted by Gasteiger charge is -2.32. The number of rotatable bonds is 3. The second-order valence-corrected chi connectivity index (χ2v) is 6.45. The monoisotopic (exact) mass is 322 g/mol. The van der Waals surface area contributed by atoms with Crippen molar-refractivity contribution < 1.29 is 0 Å². The number of benzene rings is 1. The van der Waals surface area contributed by atoms with Crippen LogP contribution >= 0.6 is 0 Å². The molecule has 4 rings (SSSR count). The standard InChI is InChI=1S/C18H22N6/c1-12(24-9-3-2-4-10-24)13-5-7-14(8-6-13)16-15-17(19)20-11-21-18(15)23-22-16/h5-8,11-12H,2-4,9-10H2,1H3,(H3,19,20,21,22,23)/t12-/m1/s1. The number of hydrogen-bond donors (Lipinski definition) is 2. The second kappa shape index (κ2) is 6.20. The number of nitrogen functional groups attached to an aromatic ring is 1. The Balaban J connectivity index is 1.63. The van der Waals surface area contributed by atoms with Crippen molar-refractivity contribution in [2.45, 2.75) is 32.2 Å². The predicted molar refractivity (Wildman–Crippen MR) is 95.4 cm³/mol. The highest BCUT2D eigenvalue weighted by Crippen LogP contribution is 2.30. The molecule has 1 aliphatic rings. The molecule has 1 aliphatic heterocycles. The average molecular weight is 322 g/mol. The van der Waals surface area contributed by atoms with E-state index < -0.39 is 0 Å². The third-order valence-electron chi connectivity index (χ3n) is 5.00. The number of likely N-dealkylation sites (tertiary alicyclic amines) is 1. The van der Waals surface area contributed by atoms with Gasteiger partial charge in [-0.2, -0.15) is 5.10 Å². The van der Waals surface area contributed by atoms with Crippen molar-refractivity contribution in [3.05, 3.63) is 36.2 Å². The molecule has 1 atom stereocenters. The summed E-state index contributed by atoms with van der Waals surface area (Å²) >= 11 is 0. The fraction of sp³-hybridized carbons (Fsp3) is 0.389. The number of nitrogens with two attached hydrogens (primary N) is 1. The fourth-order valence-corrected chi connectivity index (χ4v) is 3.53. The van der Waals surface area contributed by atoms with Crippen molar-refractivity contribution in [1.29, 1.82) is 0 Å². The first kappa shape index (κ1) is 15.1. The Bertz CT molecular complexity index is 832. The molecule has 0 bridgehead atoms. The highest BCUT2D eigenvalue weighted by atomic mass is 15.2. The molecular formula is C18H22N6. The minimum absolute atomic E-state index is 0.450. The number of aromatic amines is 1. The summed E-state index contributed by atoms with van der Waals surface area (Å²) in [4.78, 5) is 10.8. The van der Waals surface area contributed by atoms with Gasteiger partial charge in [0.1, 0.15) is 12.1 Å². The minimum Gasteiger partial charge on any atom is -0.383 e. The Labute approximate surface area is 141 Å². The van der Waals surface area contributed by atoms with Crippen LogP contribution in [0.5, 0.6) is 0 Å². The van der Waals surface area contributed by atoms with Gasteiger partial charge in [0.2, 0.25) is 0 Å². The smallest absolute Gasteiger partial charge is 0.186 e. The van der Waals surface area contributed by atoms with Gasteiger partial charge in [0, 0.05) is 11.6 Å². The van der Waals surface area contributed by atoms with Gasteiger partial charge in [0.15, 0.2) is 5.65 Å². The van der Waals surface area contributed by atoms with Crippen LogP contribution in [0, 0.1) is 0 Å². The molecule has 0 unspecified atom stereocenters. The fourth-order valence-electron chi connectivity index (χ4n) is 3.53. The van der Waals surface area contributed by atoms with Gasteiger partial charge in [0.25, 0.3) is 0 Å². The Kier molecular flexibility index (Phi) is 3.90. The molecule has 1 aromatic carbocycles. The number of hydrogen-bond acceptors (Lipinski definition) is 5. The molecule has 0 aliphatic carbocycles. The molecule has 0 amide bonds. The summed E-state index contributed by atoms with van der Waals surface area (Å²) in [5.41, 5.74) is 9.86. The van der Waals surface area contributed by atoms with Crippen LogP contribution in [0.25, 0.3) is 22.3 Å². The summed E-state index contributed by atoms with van der Waals surface area (Å²) in [5.74, 6) is 0.453. The highest BCUT2D eigenvalue weighted by Gasteiger charge is 2.18. The van der Waals surface area contributed by atoms with E-state index in [2.05, 4.69) is 56.3 Å². The van der Waals surface area contributed by atoms with Crippen LogP contribution in [0.3, 0.4) is 0 Å². The van der Waals surface area contributed by atoms with Gasteiger partial charge in [0.05, 0.1) is 11.1 Å². The van der Waals surface area contributed by atoms with Crippen LogP contribution < -0.4 is 5.73 Å². The van der Waals surface area contributed by atoms with Gasteiger partial charge in [-0.3, -0.25) is 10.00 Å². The summed E-state index contributed by atoms with van der Waals surface area (Å²) in [6, 6.07) is 9.08. The molecule has 6 heteroatoms. The average Bonchev–Trinajstić information content (AvgIpc) is 3.07. The number of aromatic nitrogens is 4. The maximum absolute atomic E-state index is 6.00. The summed E-state index contributed by atoms with van der Waals surface area (Å²) in [5, 5.41) is 8.05. The van der Waals surface area contributed by atoms with Crippen molar-refractivity contribution >= 4 is 16.9 Å². The zero-order valence-corrected chi connectivity index (χ0v) is 13.9. The lowest BCUT2D eigenvalue weighted by Crippen LogP contribution is -2.32. The lowest BCUT2D eigenvalue weighted by atomic mass is 10.0. The highest BCUT2D eigenvalue weighted by molar-refractivity contribution is 5.97. The van der Waals surface area contributed by atoms with E-state index in [0.717, 1.165) is 16.6 Å². The molecule has 6 nitrogen and oxygen atoms in total. The first-order valence-corrected chi connectivity index (χ1v) is 8.53. The summed E-state index contributed by atoms with van der Waals surface area (Å²) < 4.78 is 0. The lowest BCUT2D eigenvalue weighted by molar-refractivity contribution is 0.175. The van der Waals surface area contributed by atoms with E-state index in [-0.39, 0.29) is 0 Å². The quantitative estimate of drug-likeness (QED) is 0.774. The molecule has 24 heavy (non-hydrogen) atoms. The van der Waals surface area contributed by atoms with Crippen LogP contribution in [-0.4, -0.2) is 38.2 Å². The summed E-state index contributed by atoms with van der Waals surface area (Å²) in [7, 11) is 0. The number of nitrogens with one attached hydrogen (secondary N) is 1. The predicted octanol–water partition coefficient (Wildman–Crippen LogP) is 3.15. The normalized spacial score (nSPS) is 17.2. The number of piperidine rings is 1. The molecule has 0 radical (unpaired) electrons. The van der Waals surface area contributed by atoms with Gasteiger partial charge < -0.3 is 5.73 Å². The molecule has 124 valence electrons. The third-order valence-corrected chi connectivity index (χ3v) is 5.00. The molecular weight excluding hydrogens is 300 g/mol. The van der Waals surface area contributed by atoms with E-state index in [1.54, 1.807) is 0 Å². The van der Waals surface area contributed by atoms with Gasteiger partial charge in [-0.25, -0.2) is 9.97 Å². The first-order valence-electron chi connectivity index (χ1n) is 8.53. The second-order valence-electron chi connectivity index (χ2n) is 6.45. The van der Waals surface area contributed by atoms with E-state index >= 15 is 0 Å². The van der Waals surface area contributed by atoms with E-state index in [1.165, 1.54) is 44.2 Å². The largest absolute Gasteiger partial charge is 0.383 e. The molecule has 2 aromatic heterocycles. The van der Waals surface area contributed by atoms with Crippen molar-refractivity contribution in [3.8, 4) is 11.3 Å². The Hall–Kier alpha value is -2.47. The molecule has 3 aromatic rings. The van der Waals surface area contributed by atoms with Crippen LogP contribution in [-0.2, 0) is 0 Å². The van der Waals surface area contributed by atoms with Gasteiger partial charge >= 0.3 is 0 Å². The summed E-state index contributed by atoms with van der Waals surface area (Å²) in [6.07, 6.45) is 5.41. The van der Waals surface area contributed by atoms with Crippen LogP contribution in [0.1, 0.15) is 37.8 Å². The van der Waals surface area contributed by atoms with Gasteiger partial charge in [-0.15, -0.1) is 0 Å². The summed E-state index contributed by atoms with van der Waals surface area (Å²) in [6.45, 7) is 4.68. The molecule has 3 heterocycles. The molecule has 0 spiro atoms. The van der Waals surface area contributed by atoms with Crippen LogP contribution in [0.15, 0.2) is 30.6 Å². The number of nitrogens with zero attached hydrogens (tertiary/aromatic N) is 4. The Morgan fingerprint density at radius 1 is 1.08 bits per heavy atom. The Morgan fingerprint density at radius 3 is 2.58 bits per heavy atom. The van der Waals surface area contributed by atoms with Crippen molar-refractivity contribution in [2.24, 2.45) is 0 Å². The molecule has 3 N–H and O–H groups in total. The zero-order valence-electron chi connectivity index (χ0n) is 13.9. The molecule has 0 saturated carbocycles. The number of H-pyrrole nitrogens is 1. The van der Waals surface area contributed by atoms with Crippen molar-refractivity contribution in [2.75, 3.05) is 18.8 Å². The van der Waals surface area contributed by atoms with E-state index in [4.69, 9.17) is 5.73 Å². The maximum atomic E-state index is 6.00. The Morgan fingerprint density at radius 2 is 1.83 bits per heavy atom. The maximum Gasteiger partial charge on any atom is 0.186 e. The number of fused-ring (bicyclic) bond motifs is 1. The van der Waals surface area contributed by atoms with Crippen molar-refractivity contribution in [1.82, 2.24) is 25.1 Å². The molecule has 1 fully saturated rings. The molecule has 1 saturated heterocycles. The third kappa shape index (κ3) is 2.63. The zero-order chi connectivity index (χ0) is 16.5. The van der Waals surface area contributed by atoms with Crippen molar-refractivity contribution in [3.63, 3.8) is 0 Å². The first-order chi connectivity index (χ1) is 11.7. The number of anilines is 1. The van der Waals surface area contributed by atoms with Crippen LogP contribution in [0.4, 0.5) is 5.82 Å². The SMILES string of the molecule is C[C@H](c1ccc(-c2[nH]nc3ncnc(N)c23)cc1)N1CCCCC1. The van der Waals surface area contributed by atoms with Gasteiger partial charge in [-0.1, -0.05) is 30.7 Å². The van der Waals surface area contributed by atoms with Crippen LogP contribution in [0.2, 0.25) is 0 Å².